The molecule has 0 fully saturated rings. The highest BCUT2D eigenvalue weighted by Crippen LogP contribution is 2.29. The highest BCUT2D eigenvalue weighted by Gasteiger charge is 2.16. The molecule has 0 bridgehead atoms. The number of anilines is 1. The molecule has 0 spiro atoms. The van der Waals surface area contributed by atoms with E-state index >= 15 is 0 Å². The van der Waals surface area contributed by atoms with Gasteiger partial charge in [-0.15, -0.1) is 0 Å². The Kier molecular flexibility index (Phi) is 4.40. The number of hydrogen-bond acceptors (Lipinski definition) is 2. The van der Waals surface area contributed by atoms with Gasteiger partial charge in [-0.2, -0.15) is 0 Å². The SMILES string of the molecule is Cc1ccccc1CN(C)c1c(F)cccc1C(C)O. The van der Waals surface area contributed by atoms with Crippen LogP contribution in [0.5, 0.6) is 0 Å². The van der Waals surface area contributed by atoms with Crippen molar-refractivity contribution in [2.45, 2.75) is 26.5 Å². The lowest BCUT2D eigenvalue weighted by atomic mass is 10.0. The summed E-state index contributed by atoms with van der Waals surface area (Å²) in [6.45, 7) is 4.30. The van der Waals surface area contributed by atoms with Gasteiger partial charge in [-0.1, -0.05) is 36.4 Å². The highest BCUT2D eigenvalue weighted by molar-refractivity contribution is 5.55. The second-order valence-electron chi connectivity index (χ2n) is 5.14. The van der Waals surface area contributed by atoms with E-state index in [2.05, 4.69) is 0 Å². The first kappa shape index (κ1) is 14.5. The molecule has 3 heteroatoms. The van der Waals surface area contributed by atoms with Crippen LogP contribution in [0.4, 0.5) is 10.1 Å². The molecule has 1 unspecified atom stereocenters. The number of aryl methyl sites for hydroxylation is 1. The molecular weight excluding hydrogens is 253 g/mol. The van der Waals surface area contributed by atoms with E-state index in [1.165, 1.54) is 11.6 Å². The fourth-order valence-corrected chi connectivity index (χ4v) is 2.39. The molecule has 20 heavy (non-hydrogen) atoms. The fraction of sp³-hybridized carbons (Fsp3) is 0.294. The van der Waals surface area contributed by atoms with Gasteiger partial charge in [0.25, 0.3) is 0 Å². The first-order valence-corrected chi connectivity index (χ1v) is 6.73. The zero-order chi connectivity index (χ0) is 14.7. The van der Waals surface area contributed by atoms with Gasteiger partial charge in [0.15, 0.2) is 0 Å². The third-order valence-corrected chi connectivity index (χ3v) is 3.52. The predicted octanol–water partition coefficient (Wildman–Crippen LogP) is 3.82. The second-order valence-corrected chi connectivity index (χ2v) is 5.14. The lowest BCUT2D eigenvalue weighted by Crippen LogP contribution is -2.20. The Hall–Kier alpha value is -1.87. The van der Waals surface area contributed by atoms with Crippen molar-refractivity contribution in [3.63, 3.8) is 0 Å². The summed E-state index contributed by atoms with van der Waals surface area (Å²) >= 11 is 0. The summed E-state index contributed by atoms with van der Waals surface area (Å²) in [6, 6.07) is 12.9. The van der Waals surface area contributed by atoms with Crippen molar-refractivity contribution >= 4 is 5.69 Å². The number of aliphatic hydroxyl groups is 1. The topological polar surface area (TPSA) is 23.5 Å². The Morgan fingerprint density at radius 2 is 1.85 bits per heavy atom. The molecule has 1 atom stereocenters. The molecule has 2 aromatic carbocycles. The molecule has 0 aromatic heterocycles. The molecule has 0 saturated heterocycles. The van der Waals surface area contributed by atoms with Crippen molar-refractivity contribution in [1.29, 1.82) is 0 Å². The summed E-state index contributed by atoms with van der Waals surface area (Å²) in [5, 5.41) is 9.81. The summed E-state index contributed by atoms with van der Waals surface area (Å²) in [4.78, 5) is 1.85. The number of hydrogen-bond donors (Lipinski definition) is 1. The maximum absolute atomic E-state index is 14.1. The quantitative estimate of drug-likeness (QED) is 0.915. The number of nitrogens with zero attached hydrogens (tertiary/aromatic N) is 1. The van der Waals surface area contributed by atoms with Crippen molar-refractivity contribution in [1.82, 2.24) is 0 Å². The van der Waals surface area contributed by atoms with E-state index in [0.717, 1.165) is 5.56 Å². The van der Waals surface area contributed by atoms with Crippen LogP contribution in [0.3, 0.4) is 0 Å². The predicted molar refractivity (Wildman–Crippen MR) is 80.3 cm³/mol. The molecule has 2 aromatic rings. The Balaban J connectivity index is 2.34. The fourth-order valence-electron chi connectivity index (χ4n) is 2.39. The van der Waals surface area contributed by atoms with Crippen LogP contribution in [0.25, 0.3) is 0 Å². The first-order chi connectivity index (χ1) is 9.50. The maximum atomic E-state index is 14.1. The molecule has 2 nitrogen and oxygen atoms in total. The van der Waals surface area contributed by atoms with Crippen LogP contribution in [-0.2, 0) is 6.54 Å². The van der Waals surface area contributed by atoms with Crippen molar-refractivity contribution in [2.75, 3.05) is 11.9 Å². The summed E-state index contributed by atoms with van der Waals surface area (Å²) in [5.41, 5.74) is 3.40. The zero-order valence-electron chi connectivity index (χ0n) is 12.1. The molecule has 0 aliphatic heterocycles. The van der Waals surface area contributed by atoms with Crippen molar-refractivity contribution in [3.8, 4) is 0 Å². The Bertz CT molecular complexity index is 595. The molecular formula is C17H20FNO. The van der Waals surface area contributed by atoms with Crippen molar-refractivity contribution in [2.24, 2.45) is 0 Å². The van der Waals surface area contributed by atoms with Gasteiger partial charge in [0.2, 0.25) is 0 Å². The monoisotopic (exact) mass is 273 g/mol. The Labute approximate surface area is 119 Å². The molecule has 106 valence electrons. The standard InChI is InChI=1S/C17H20FNO/c1-12-7-4-5-8-14(12)11-19(3)17-15(13(2)20)9-6-10-16(17)18/h4-10,13,20H,11H2,1-3H3. The molecule has 0 aliphatic carbocycles. The Morgan fingerprint density at radius 3 is 2.50 bits per heavy atom. The Morgan fingerprint density at radius 1 is 1.15 bits per heavy atom. The molecule has 0 amide bonds. The van der Waals surface area contributed by atoms with Gasteiger partial charge >= 0.3 is 0 Å². The molecule has 0 saturated carbocycles. The summed E-state index contributed by atoms with van der Waals surface area (Å²) in [6.07, 6.45) is -0.694. The third-order valence-electron chi connectivity index (χ3n) is 3.52. The summed E-state index contributed by atoms with van der Waals surface area (Å²) < 4.78 is 14.1. The van der Waals surface area contributed by atoms with Crippen LogP contribution in [0.2, 0.25) is 0 Å². The van der Waals surface area contributed by atoms with E-state index < -0.39 is 6.10 Å². The van der Waals surface area contributed by atoms with Gasteiger partial charge in [-0.25, -0.2) is 4.39 Å². The minimum Gasteiger partial charge on any atom is -0.389 e. The van der Waals surface area contributed by atoms with Gasteiger partial charge in [0.05, 0.1) is 11.8 Å². The van der Waals surface area contributed by atoms with E-state index in [4.69, 9.17) is 0 Å². The van der Waals surface area contributed by atoms with Crippen LogP contribution in [0.15, 0.2) is 42.5 Å². The third kappa shape index (κ3) is 2.99. The molecule has 0 aliphatic rings. The van der Waals surface area contributed by atoms with E-state index in [0.29, 0.717) is 17.8 Å². The zero-order valence-corrected chi connectivity index (χ0v) is 12.1. The van der Waals surface area contributed by atoms with Crippen LogP contribution in [0.1, 0.15) is 29.7 Å². The normalized spacial score (nSPS) is 12.2. The lowest BCUT2D eigenvalue weighted by Gasteiger charge is -2.25. The van der Waals surface area contributed by atoms with Crippen LogP contribution >= 0.6 is 0 Å². The van der Waals surface area contributed by atoms with Gasteiger partial charge in [0, 0.05) is 19.2 Å². The maximum Gasteiger partial charge on any atom is 0.146 e. The smallest absolute Gasteiger partial charge is 0.146 e. The van der Waals surface area contributed by atoms with Crippen LogP contribution in [0, 0.1) is 12.7 Å². The average Bonchev–Trinajstić information content (AvgIpc) is 2.40. The van der Waals surface area contributed by atoms with E-state index in [-0.39, 0.29) is 5.82 Å². The van der Waals surface area contributed by atoms with Gasteiger partial charge < -0.3 is 10.0 Å². The number of para-hydroxylation sites is 1. The van der Waals surface area contributed by atoms with Crippen molar-refractivity contribution in [3.05, 3.63) is 65.0 Å². The minimum absolute atomic E-state index is 0.306. The molecule has 0 heterocycles. The van der Waals surface area contributed by atoms with Crippen LogP contribution in [-0.4, -0.2) is 12.2 Å². The number of benzene rings is 2. The molecule has 0 radical (unpaired) electrons. The van der Waals surface area contributed by atoms with Crippen molar-refractivity contribution < 1.29 is 9.50 Å². The minimum atomic E-state index is -0.694. The number of aliphatic hydroxyl groups excluding tert-OH is 1. The lowest BCUT2D eigenvalue weighted by molar-refractivity contribution is 0.199. The van der Waals surface area contributed by atoms with Gasteiger partial charge in [-0.05, 0) is 31.0 Å². The summed E-state index contributed by atoms with van der Waals surface area (Å²) in [7, 11) is 1.84. The first-order valence-electron chi connectivity index (χ1n) is 6.73. The summed E-state index contributed by atoms with van der Waals surface area (Å²) in [5.74, 6) is -0.306. The largest absolute Gasteiger partial charge is 0.389 e. The number of rotatable bonds is 4. The van der Waals surface area contributed by atoms with E-state index in [1.807, 2.05) is 43.1 Å². The van der Waals surface area contributed by atoms with Gasteiger partial charge in [-0.3, -0.25) is 0 Å². The van der Waals surface area contributed by atoms with Crippen LogP contribution < -0.4 is 4.90 Å². The van der Waals surface area contributed by atoms with E-state index in [1.54, 1.807) is 19.1 Å². The number of halogens is 1. The van der Waals surface area contributed by atoms with Gasteiger partial charge in [0.1, 0.15) is 5.82 Å². The average molecular weight is 273 g/mol. The second kappa shape index (κ2) is 6.06. The highest BCUT2D eigenvalue weighted by atomic mass is 19.1. The molecule has 1 N–H and O–H groups in total. The van der Waals surface area contributed by atoms with E-state index in [9.17, 15) is 9.50 Å². The molecule has 2 rings (SSSR count).